The summed E-state index contributed by atoms with van der Waals surface area (Å²) in [5.41, 5.74) is 3.23. The monoisotopic (exact) mass is 420 g/mol. The highest BCUT2D eigenvalue weighted by Gasteiger charge is 2.33. The molecule has 4 rings (SSSR count). The summed E-state index contributed by atoms with van der Waals surface area (Å²) in [5, 5.41) is 4.73. The van der Waals surface area contributed by atoms with Crippen LogP contribution in [0.4, 0.5) is 0 Å². The lowest BCUT2D eigenvalue weighted by atomic mass is 9.97. The molecule has 1 atom stereocenters. The second kappa shape index (κ2) is 8.79. The smallest absolute Gasteiger partial charge is 0.310 e. The number of amides is 1. The number of piperidine rings is 1. The molecule has 7 nitrogen and oxygen atoms in total. The van der Waals surface area contributed by atoms with Crippen molar-refractivity contribution in [1.82, 2.24) is 19.2 Å². The van der Waals surface area contributed by atoms with Gasteiger partial charge in [0.1, 0.15) is 5.56 Å². The molecule has 2 aromatic heterocycles. The van der Waals surface area contributed by atoms with E-state index in [1.807, 2.05) is 71.9 Å². The summed E-state index contributed by atoms with van der Waals surface area (Å²) in [6, 6.07) is 11.9. The highest BCUT2D eigenvalue weighted by Crippen LogP contribution is 2.27. The van der Waals surface area contributed by atoms with Gasteiger partial charge < -0.3 is 14.2 Å². The first kappa shape index (κ1) is 20.9. The first-order valence-corrected chi connectivity index (χ1v) is 10.8. The molecule has 1 amide bonds. The number of hydrogen-bond acceptors (Lipinski definition) is 4. The number of carbonyl (C=O) groups excluding carboxylic acids is 2. The molecular formula is C24H28N4O3. The fraction of sp³-hybridized carbons (Fsp3) is 0.375. The van der Waals surface area contributed by atoms with Gasteiger partial charge in [-0.3, -0.25) is 9.59 Å². The van der Waals surface area contributed by atoms with Crippen molar-refractivity contribution in [1.29, 1.82) is 0 Å². The number of esters is 1. The number of rotatable bonds is 5. The van der Waals surface area contributed by atoms with Crippen molar-refractivity contribution in [3.8, 4) is 11.5 Å². The van der Waals surface area contributed by atoms with Gasteiger partial charge in [0.15, 0.2) is 5.82 Å². The van der Waals surface area contributed by atoms with Gasteiger partial charge >= 0.3 is 5.97 Å². The summed E-state index contributed by atoms with van der Waals surface area (Å²) in [6.07, 6.45) is 5.35. The molecule has 1 aromatic carbocycles. The minimum atomic E-state index is -0.278. The van der Waals surface area contributed by atoms with E-state index in [1.54, 1.807) is 11.8 Å². The first-order valence-electron chi connectivity index (χ1n) is 10.8. The van der Waals surface area contributed by atoms with E-state index in [0.29, 0.717) is 36.8 Å². The lowest BCUT2D eigenvalue weighted by molar-refractivity contribution is -0.149. The van der Waals surface area contributed by atoms with Gasteiger partial charge in [-0.15, -0.1) is 0 Å². The Morgan fingerprint density at radius 3 is 2.65 bits per heavy atom. The molecule has 31 heavy (non-hydrogen) atoms. The Labute approximate surface area is 182 Å². The number of aromatic nitrogens is 3. The summed E-state index contributed by atoms with van der Waals surface area (Å²) in [5.74, 6) is 0.100. The summed E-state index contributed by atoms with van der Waals surface area (Å²) >= 11 is 0. The van der Waals surface area contributed by atoms with Crippen LogP contribution in [0.15, 0.2) is 48.8 Å². The summed E-state index contributed by atoms with van der Waals surface area (Å²) in [4.78, 5) is 27.7. The Kier molecular flexibility index (Phi) is 5.93. The Balaban J connectivity index is 1.74. The highest BCUT2D eigenvalue weighted by molar-refractivity contribution is 5.99. The molecule has 1 fully saturated rings. The van der Waals surface area contributed by atoms with E-state index < -0.39 is 0 Å². The fourth-order valence-corrected chi connectivity index (χ4v) is 4.19. The number of nitrogens with zero attached hydrogens (tertiary/aromatic N) is 4. The average molecular weight is 421 g/mol. The third-order valence-corrected chi connectivity index (χ3v) is 5.67. The van der Waals surface area contributed by atoms with Crippen molar-refractivity contribution >= 4 is 11.9 Å². The van der Waals surface area contributed by atoms with Crippen LogP contribution in [0.1, 0.15) is 41.4 Å². The molecule has 1 aliphatic heterocycles. The molecular weight excluding hydrogens is 392 g/mol. The van der Waals surface area contributed by atoms with Gasteiger partial charge in [0, 0.05) is 25.5 Å². The molecule has 0 aliphatic carbocycles. The normalized spacial score (nSPS) is 16.4. The number of ether oxygens (including phenoxy) is 1. The number of hydrogen-bond donors (Lipinski definition) is 0. The van der Waals surface area contributed by atoms with E-state index >= 15 is 0 Å². The Bertz CT molecular complexity index is 1080. The molecule has 0 N–H and O–H groups in total. The molecule has 0 spiro atoms. The number of aryl methyl sites for hydroxylation is 2. The highest BCUT2D eigenvalue weighted by atomic mass is 16.5. The molecule has 0 unspecified atom stereocenters. The number of benzene rings is 1. The average Bonchev–Trinajstić information content (AvgIpc) is 3.41. The van der Waals surface area contributed by atoms with Crippen LogP contribution < -0.4 is 0 Å². The molecule has 1 saturated heterocycles. The Morgan fingerprint density at radius 2 is 1.94 bits per heavy atom. The van der Waals surface area contributed by atoms with Crippen molar-refractivity contribution in [2.45, 2.75) is 33.6 Å². The first-order chi connectivity index (χ1) is 15.0. The van der Waals surface area contributed by atoms with Gasteiger partial charge in [0.05, 0.1) is 23.9 Å². The molecule has 7 heteroatoms. The quantitative estimate of drug-likeness (QED) is 0.590. The van der Waals surface area contributed by atoms with Crippen molar-refractivity contribution in [3.63, 3.8) is 0 Å². The molecule has 1 aliphatic rings. The van der Waals surface area contributed by atoms with Crippen molar-refractivity contribution in [2.24, 2.45) is 5.92 Å². The van der Waals surface area contributed by atoms with Crippen LogP contribution in [0.2, 0.25) is 0 Å². The second-order valence-corrected chi connectivity index (χ2v) is 7.97. The van der Waals surface area contributed by atoms with Crippen LogP contribution in [0, 0.1) is 19.8 Å². The Hall–Kier alpha value is -3.35. The van der Waals surface area contributed by atoms with Crippen LogP contribution in [-0.2, 0) is 9.53 Å². The zero-order chi connectivity index (χ0) is 22.0. The van der Waals surface area contributed by atoms with E-state index in [-0.39, 0.29) is 17.8 Å². The van der Waals surface area contributed by atoms with Crippen LogP contribution in [0.3, 0.4) is 0 Å². The second-order valence-electron chi connectivity index (χ2n) is 7.97. The summed E-state index contributed by atoms with van der Waals surface area (Å²) < 4.78 is 8.94. The van der Waals surface area contributed by atoms with E-state index in [9.17, 15) is 9.59 Å². The van der Waals surface area contributed by atoms with Gasteiger partial charge in [0.25, 0.3) is 5.91 Å². The third-order valence-electron chi connectivity index (χ3n) is 5.67. The van der Waals surface area contributed by atoms with Crippen molar-refractivity contribution in [2.75, 3.05) is 19.7 Å². The molecule has 0 bridgehead atoms. The van der Waals surface area contributed by atoms with Crippen LogP contribution >= 0.6 is 0 Å². The van der Waals surface area contributed by atoms with Crippen LogP contribution in [0.25, 0.3) is 11.5 Å². The lowest BCUT2D eigenvalue weighted by Gasteiger charge is -2.31. The molecule has 0 radical (unpaired) electrons. The van der Waals surface area contributed by atoms with Gasteiger partial charge in [-0.1, -0.05) is 12.1 Å². The summed E-state index contributed by atoms with van der Waals surface area (Å²) in [6.45, 7) is 7.04. The minimum Gasteiger partial charge on any atom is -0.466 e. The SMILES string of the molecule is CCOC(=O)[C@H]1CCCN(C(=O)c2c(C)nn(-c3cccc(C)c3)c2-n2cccc2)C1. The predicted octanol–water partition coefficient (Wildman–Crippen LogP) is 3.70. The molecule has 3 heterocycles. The van der Waals surface area contributed by atoms with Crippen molar-refractivity contribution in [3.05, 3.63) is 65.6 Å². The van der Waals surface area contributed by atoms with E-state index in [2.05, 4.69) is 0 Å². The largest absolute Gasteiger partial charge is 0.466 e. The standard InChI is InChI=1S/C24H28N4O3/c1-4-31-24(30)19-10-8-14-27(16-19)23(29)21-18(3)25-28(20-11-7-9-17(2)15-20)22(21)26-12-5-6-13-26/h5-7,9,11-13,15,19H,4,8,10,14,16H2,1-3H3/t19-/m0/s1. The van der Waals surface area contributed by atoms with E-state index in [4.69, 9.17) is 9.84 Å². The Morgan fingerprint density at radius 1 is 1.16 bits per heavy atom. The molecule has 0 saturated carbocycles. The van der Waals surface area contributed by atoms with Gasteiger partial charge in [-0.2, -0.15) is 5.10 Å². The van der Waals surface area contributed by atoms with Gasteiger partial charge in [-0.05, 0) is 63.4 Å². The zero-order valence-electron chi connectivity index (χ0n) is 18.2. The van der Waals surface area contributed by atoms with E-state index in [0.717, 1.165) is 24.1 Å². The summed E-state index contributed by atoms with van der Waals surface area (Å²) in [7, 11) is 0. The van der Waals surface area contributed by atoms with Crippen molar-refractivity contribution < 1.29 is 14.3 Å². The van der Waals surface area contributed by atoms with E-state index in [1.165, 1.54) is 0 Å². The zero-order valence-corrected chi connectivity index (χ0v) is 18.2. The maximum Gasteiger partial charge on any atom is 0.310 e. The maximum atomic E-state index is 13.7. The third kappa shape index (κ3) is 4.13. The minimum absolute atomic E-state index is 0.103. The number of likely N-dealkylation sites (tertiary alicyclic amines) is 1. The van der Waals surface area contributed by atoms with Gasteiger partial charge in [-0.25, -0.2) is 4.68 Å². The topological polar surface area (TPSA) is 69.4 Å². The number of carbonyl (C=O) groups is 2. The van der Waals surface area contributed by atoms with Crippen LogP contribution in [0.5, 0.6) is 0 Å². The fourth-order valence-electron chi connectivity index (χ4n) is 4.19. The molecule has 3 aromatic rings. The molecule has 162 valence electrons. The van der Waals surface area contributed by atoms with Crippen LogP contribution in [-0.4, -0.2) is 50.8 Å². The predicted molar refractivity (Wildman–Crippen MR) is 118 cm³/mol. The maximum absolute atomic E-state index is 13.7. The lowest BCUT2D eigenvalue weighted by Crippen LogP contribution is -2.43. The van der Waals surface area contributed by atoms with Gasteiger partial charge in [0.2, 0.25) is 0 Å².